The zero-order valence-electron chi connectivity index (χ0n) is 5.79. The molecular formula is C7H7N3O. The molecule has 0 unspecified atom stereocenters. The predicted molar refractivity (Wildman–Crippen MR) is 41.0 cm³/mol. The van der Waals surface area contributed by atoms with E-state index in [2.05, 4.69) is 10.3 Å². The molecule has 1 aliphatic heterocycles. The number of pyridine rings is 1. The zero-order valence-corrected chi connectivity index (χ0v) is 5.79. The smallest absolute Gasteiger partial charge is 0.230 e. The summed E-state index contributed by atoms with van der Waals surface area (Å²) in [4.78, 5) is 14.8. The van der Waals surface area contributed by atoms with Crippen LogP contribution in [-0.4, -0.2) is 10.9 Å². The van der Waals surface area contributed by atoms with Gasteiger partial charge in [-0.2, -0.15) is 0 Å². The lowest BCUT2D eigenvalue weighted by Gasteiger charge is -1.96. The van der Waals surface area contributed by atoms with Gasteiger partial charge in [0.1, 0.15) is 5.82 Å². The number of anilines is 2. The van der Waals surface area contributed by atoms with Crippen LogP contribution in [0.5, 0.6) is 0 Å². The number of nitrogens with zero attached hydrogens (tertiary/aromatic N) is 1. The van der Waals surface area contributed by atoms with E-state index in [1.54, 1.807) is 12.1 Å². The van der Waals surface area contributed by atoms with E-state index in [0.717, 1.165) is 11.4 Å². The van der Waals surface area contributed by atoms with Crippen molar-refractivity contribution in [1.82, 2.24) is 4.98 Å². The summed E-state index contributed by atoms with van der Waals surface area (Å²) in [6.45, 7) is 0. The van der Waals surface area contributed by atoms with E-state index in [4.69, 9.17) is 5.73 Å². The van der Waals surface area contributed by atoms with Gasteiger partial charge in [-0.15, -0.1) is 0 Å². The van der Waals surface area contributed by atoms with Gasteiger partial charge in [-0.25, -0.2) is 4.98 Å². The molecule has 0 saturated carbocycles. The summed E-state index contributed by atoms with van der Waals surface area (Å²) in [5.41, 5.74) is 6.95. The fourth-order valence-corrected chi connectivity index (χ4v) is 1.11. The Bertz CT molecular complexity index is 321. The van der Waals surface area contributed by atoms with Crippen LogP contribution in [0.2, 0.25) is 0 Å². The molecule has 0 radical (unpaired) electrons. The molecule has 0 spiro atoms. The summed E-state index contributed by atoms with van der Waals surface area (Å²) in [5, 5.41) is 2.67. The predicted octanol–water partition coefficient (Wildman–Crippen LogP) is 0.158. The molecule has 0 aromatic carbocycles. The minimum absolute atomic E-state index is 0.0156. The lowest BCUT2D eigenvalue weighted by molar-refractivity contribution is -0.115. The number of hydrogen-bond donors (Lipinski definition) is 2. The minimum Gasteiger partial charge on any atom is -0.384 e. The second-order valence-corrected chi connectivity index (χ2v) is 2.46. The molecule has 1 amide bonds. The molecule has 2 rings (SSSR count). The van der Waals surface area contributed by atoms with Crippen molar-refractivity contribution >= 4 is 17.4 Å². The standard InChI is InChI=1S/C7H7N3O/c8-6-2-1-4-5(9-6)3-7(11)10-4/h1-2H,3H2,(H2,8,9)(H,10,11). The lowest BCUT2D eigenvalue weighted by atomic mass is 10.3. The molecule has 3 N–H and O–H groups in total. The van der Waals surface area contributed by atoms with E-state index >= 15 is 0 Å². The van der Waals surface area contributed by atoms with E-state index in [-0.39, 0.29) is 5.91 Å². The van der Waals surface area contributed by atoms with Crippen molar-refractivity contribution in [2.24, 2.45) is 0 Å². The Balaban J connectivity index is 2.51. The average Bonchev–Trinajstić information content (AvgIpc) is 2.27. The van der Waals surface area contributed by atoms with Gasteiger partial charge in [0.05, 0.1) is 17.8 Å². The quantitative estimate of drug-likeness (QED) is 0.552. The molecule has 1 aromatic heterocycles. The molecule has 4 nitrogen and oxygen atoms in total. The number of amides is 1. The molecule has 1 aromatic rings. The number of nitrogen functional groups attached to an aromatic ring is 1. The molecule has 2 heterocycles. The second-order valence-electron chi connectivity index (χ2n) is 2.46. The van der Waals surface area contributed by atoms with Crippen LogP contribution in [0.1, 0.15) is 5.69 Å². The number of fused-ring (bicyclic) bond motifs is 1. The SMILES string of the molecule is Nc1ccc2c(n1)CC(=O)N2. The highest BCUT2D eigenvalue weighted by Gasteiger charge is 2.18. The molecule has 11 heavy (non-hydrogen) atoms. The van der Waals surface area contributed by atoms with Crippen LogP contribution in [0.15, 0.2) is 12.1 Å². The van der Waals surface area contributed by atoms with E-state index < -0.39 is 0 Å². The largest absolute Gasteiger partial charge is 0.384 e. The Kier molecular flexibility index (Phi) is 1.09. The topological polar surface area (TPSA) is 68.0 Å². The number of carbonyl (C=O) groups excluding carboxylic acids is 1. The van der Waals surface area contributed by atoms with Crippen LogP contribution in [0.4, 0.5) is 11.5 Å². The normalized spacial score (nSPS) is 14.4. The monoisotopic (exact) mass is 149 g/mol. The van der Waals surface area contributed by atoms with Crippen LogP contribution in [0, 0.1) is 0 Å². The fraction of sp³-hybridized carbons (Fsp3) is 0.143. The first-order chi connectivity index (χ1) is 5.25. The van der Waals surface area contributed by atoms with E-state index in [0.29, 0.717) is 12.2 Å². The maximum atomic E-state index is 10.8. The molecule has 1 aliphatic rings. The van der Waals surface area contributed by atoms with Crippen LogP contribution < -0.4 is 11.1 Å². The van der Waals surface area contributed by atoms with Crippen LogP contribution >= 0.6 is 0 Å². The van der Waals surface area contributed by atoms with Crippen LogP contribution in [0.25, 0.3) is 0 Å². The Hall–Kier alpha value is -1.58. The summed E-state index contributed by atoms with van der Waals surface area (Å²) in [6.07, 6.45) is 0.348. The number of aromatic nitrogens is 1. The molecule has 0 fully saturated rings. The molecule has 0 atom stereocenters. The van der Waals surface area contributed by atoms with E-state index in [9.17, 15) is 4.79 Å². The number of nitrogens with two attached hydrogens (primary N) is 1. The highest BCUT2D eigenvalue weighted by molar-refractivity contribution is 5.98. The van der Waals surface area contributed by atoms with Crippen molar-refractivity contribution in [3.05, 3.63) is 17.8 Å². The van der Waals surface area contributed by atoms with Crippen molar-refractivity contribution in [2.45, 2.75) is 6.42 Å². The molecule has 0 saturated heterocycles. The molecule has 4 heteroatoms. The number of rotatable bonds is 0. The summed E-state index contributed by atoms with van der Waals surface area (Å²) >= 11 is 0. The summed E-state index contributed by atoms with van der Waals surface area (Å²) in [7, 11) is 0. The van der Waals surface area contributed by atoms with Crippen molar-refractivity contribution in [2.75, 3.05) is 11.1 Å². The van der Waals surface area contributed by atoms with Crippen LogP contribution in [0.3, 0.4) is 0 Å². The van der Waals surface area contributed by atoms with E-state index in [1.165, 1.54) is 0 Å². The van der Waals surface area contributed by atoms with Gasteiger partial charge in [0, 0.05) is 0 Å². The Morgan fingerprint density at radius 3 is 3.18 bits per heavy atom. The van der Waals surface area contributed by atoms with Gasteiger partial charge < -0.3 is 11.1 Å². The minimum atomic E-state index is -0.0156. The van der Waals surface area contributed by atoms with Crippen LogP contribution in [-0.2, 0) is 11.2 Å². The molecular weight excluding hydrogens is 142 g/mol. The number of hydrogen-bond acceptors (Lipinski definition) is 3. The van der Waals surface area contributed by atoms with Crippen molar-refractivity contribution in [3.8, 4) is 0 Å². The Morgan fingerprint density at radius 1 is 1.55 bits per heavy atom. The first kappa shape index (κ1) is 6.15. The number of carbonyl (C=O) groups is 1. The number of nitrogens with one attached hydrogen (secondary N) is 1. The van der Waals surface area contributed by atoms with Gasteiger partial charge in [0.15, 0.2) is 0 Å². The molecule has 0 aliphatic carbocycles. The molecule has 56 valence electrons. The summed E-state index contributed by atoms with van der Waals surface area (Å²) in [6, 6.07) is 3.44. The fourth-order valence-electron chi connectivity index (χ4n) is 1.11. The maximum Gasteiger partial charge on any atom is 0.230 e. The lowest BCUT2D eigenvalue weighted by Crippen LogP contribution is -2.03. The highest BCUT2D eigenvalue weighted by Crippen LogP contribution is 2.20. The van der Waals surface area contributed by atoms with Gasteiger partial charge >= 0.3 is 0 Å². The van der Waals surface area contributed by atoms with Gasteiger partial charge in [0.2, 0.25) is 5.91 Å². The maximum absolute atomic E-state index is 10.8. The van der Waals surface area contributed by atoms with Gasteiger partial charge in [-0.3, -0.25) is 4.79 Å². The summed E-state index contributed by atoms with van der Waals surface area (Å²) < 4.78 is 0. The Morgan fingerprint density at radius 2 is 2.36 bits per heavy atom. The van der Waals surface area contributed by atoms with Crippen molar-refractivity contribution in [3.63, 3.8) is 0 Å². The highest BCUT2D eigenvalue weighted by atomic mass is 16.1. The first-order valence-electron chi connectivity index (χ1n) is 3.31. The average molecular weight is 149 g/mol. The third-order valence-electron chi connectivity index (χ3n) is 1.60. The summed E-state index contributed by atoms with van der Waals surface area (Å²) in [5.74, 6) is 0.443. The van der Waals surface area contributed by atoms with E-state index in [1.807, 2.05) is 0 Å². The first-order valence-corrected chi connectivity index (χ1v) is 3.31. The van der Waals surface area contributed by atoms with Crippen molar-refractivity contribution < 1.29 is 4.79 Å². The Labute approximate surface area is 63.4 Å². The van der Waals surface area contributed by atoms with Gasteiger partial charge in [0.25, 0.3) is 0 Å². The van der Waals surface area contributed by atoms with Crippen molar-refractivity contribution in [1.29, 1.82) is 0 Å². The van der Waals surface area contributed by atoms with Gasteiger partial charge in [-0.05, 0) is 12.1 Å². The zero-order chi connectivity index (χ0) is 7.84. The van der Waals surface area contributed by atoms with Gasteiger partial charge in [-0.1, -0.05) is 0 Å². The third kappa shape index (κ3) is 0.920. The third-order valence-corrected chi connectivity index (χ3v) is 1.60. The molecule has 0 bridgehead atoms. The second kappa shape index (κ2) is 1.95.